The van der Waals surface area contributed by atoms with E-state index in [-0.39, 0.29) is 5.95 Å². The van der Waals surface area contributed by atoms with Gasteiger partial charge in [-0.2, -0.15) is 9.97 Å². The van der Waals surface area contributed by atoms with Gasteiger partial charge in [-0.1, -0.05) is 36.0 Å². The summed E-state index contributed by atoms with van der Waals surface area (Å²) in [4.78, 5) is 13.0. The van der Waals surface area contributed by atoms with Gasteiger partial charge >= 0.3 is 0 Å². The van der Waals surface area contributed by atoms with Gasteiger partial charge in [0.05, 0.1) is 10.0 Å². The Kier molecular flexibility index (Phi) is 3.76. The average molecular weight is 309 g/mol. The molecule has 1 aliphatic rings. The van der Waals surface area contributed by atoms with Gasteiger partial charge in [-0.25, -0.2) is 4.98 Å². The molecule has 0 spiro atoms. The molecule has 20 heavy (non-hydrogen) atoms. The van der Waals surface area contributed by atoms with Crippen molar-refractivity contribution in [2.45, 2.75) is 31.6 Å². The minimum absolute atomic E-state index is 0.253. The lowest BCUT2D eigenvalue weighted by Crippen LogP contribution is -2.07. The molecular weight excluding hydrogens is 295 g/mol. The van der Waals surface area contributed by atoms with E-state index in [1.807, 2.05) is 6.07 Å². The Morgan fingerprint density at radius 3 is 2.45 bits per heavy atom. The molecule has 1 aromatic heterocycles. The van der Waals surface area contributed by atoms with Crippen LogP contribution in [0.2, 0.25) is 10.0 Å². The van der Waals surface area contributed by atoms with Crippen molar-refractivity contribution < 1.29 is 0 Å². The van der Waals surface area contributed by atoms with Crippen molar-refractivity contribution in [3.63, 3.8) is 0 Å². The van der Waals surface area contributed by atoms with Gasteiger partial charge < -0.3 is 5.73 Å². The van der Waals surface area contributed by atoms with Crippen LogP contribution in [0.25, 0.3) is 11.4 Å². The molecule has 2 N–H and O–H groups in total. The highest BCUT2D eigenvalue weighted by Crippen LogP contribution is 2.33. The molecular formula is C14H14Cl2N4. The number of nitrogens with two attached hydrogens (primary N) is 1. The predicted octanol–water partition coefficient (Wildman–Crippen LogP) is 4.09. The van der Waals surface area contributed by atoms with E-state index in [2.05, 4.69) is 15.0 Å². The van der Waals surface area contributed by atoms with Crippen LogP contribution < -0.4 is 5.73 Å². The maximum absolute atomic E-state index is 6.04. The molecule has 3 rings (SSSR count). The fourth-order valence-corrected chi connectivity index (χ4v) is 2.84. The summed E-state index contributed by atoms with van der Waals surface area (Å²) in [5, 5.41) is 0.985. The molecule has 0 saturated heterocycles. The van der Waals surface area contributed by atoms with E-state index in [1.54, 1.807) is 12.1 Å². The zero-order valence-corrected chi connectivity index (χ0v) is 12.3. The molecule has 104 valence electrons. The molecule has 1 aromatic carbocycles. The molecule has 6 heteroatoms. The van der Waals surface area contributed by atoms with Crippen LogP contribution in [-0.2, 0) is 0 Å². The molecule has 0 unspecified atom stereocenters. The quantitative estimate of drug-likeness (QED) is 0.907. The highest BCUT2D eigenvalue weighted by atomic mass is 35.5. The molecule has 1 saturated carbocycles. The first-order chi connectivity index (χ1) is 9.63. The number of nitrogens with zero attached hydrogens (tertiary/aromatic N) is 3. The van der Waals surface area contributed by atoms with E-state index in [0.717, 1.165) is 24.2 Å². The Morgan fingerprint density at radius 2 is 1.75 bits per heavy atom. The Morgan fingerprint density at radius 1 is 1.00 bits per heavy atom. The van der Waals surface area contributed by atoms with E-state index >= 15 is 0 Å². The number of rotatable bonds is 2. The van der Waals surface area contributed by atoms with E-state index in [4.69, 9.17) is 28.9 Å². The number of hydrogen-bond acceptors (Lipinski definition) is 4. The largest absolute Gasteiger partial charge is 0.368 e. The number of hydrogen-bond donors (Lipinski definition) is 1. The summed E-state index contributed by atoms with van der Waals surface area (Å²) in [6.07, 6.45) is 4.67. The van der Waals surface area contributed by atoms with Crippen LogP contribution in [0, 0.1) is 0 Å². The first kappa shape index (κ1) is 13.6. The van der Waals surface area contributed by atoms with E-state index in [1.165, 1.54) is 12.8 Å². The van der Waals surface area contributed by atoms with Gasteiger partial charge in [-0.15, -0.1) is 0 Å². The molecule has 0 radical (unpaired) electrons. The second-order valence-corrected chi connectivity index (χ2v) is 5.80. The monoisotopic (exact) mass is 308 g/mol. The zero-order chi connectivity index (χ0) is 14.1. The van der Waals surface area contributed by atoms with Crippen molar-refractivity contribution in [2.24, 2.45) is 0 Å². The van der Waals surface area contributed by atoms with Gasteiger partial charge in [-0.05, 0) is 31.0 Å². The van der Waals surface area contributed by atoms with Crippen LogP contribution in [0.3, 0.4) is 0 Å². The lowest BCUT2D eigenvalue weighted by Gasteiger charge is -2.10. The van der Waals surface area contributed by atoms with E-state index in [0.29, 0.717) is 21.8 Å². The van der Waals surface area contributed by atoms with Crippen LogP contribution in [0.1, 0.15) is 37.4 Å². The van der Waals surface area contributed by atoms with Crippen molar-refractivity contribution in [2.75, 3.05) is 5.73 Å². The zero-order valence-electron chi connectivity index (χ0n) is 10.8. The van der Waals surface area contributed by atoms with Gasteiger partial charge in [0.15, 0.2) is 5.82 Å². The van der Waals surface area contributed by atoms with Crippen molar-refractivity contribution in [3.8, 4) is 11.4 Å². The smallest absolute Gasteiger partial charge is 0.223 e. The fraction of sp³-hybridized carbons (Fsp3) is 0.357. The first-order valence-electron chi connectivity index (χ1n) is 6.60. The van der Waals surface area contributed by atoms with E-state index < -0.39 is 0 Å². The van der Waals surface area contributed by atoms with Crippen LogP contribution in [0.15, 0.2) is 18.2 Å². The predicted molar refractivity (Wildman–Crippen MR) is 80.9 cm³/mol. The van der Waals surface area contributed by atoms with Crippen molar-refractivity contribution in [3.05, 3.63) is 34.1 Å². The molecule has 4 nitrogen and oxygen atoms in total. The second-order valence-electron chi connectivity index (χ2n) is 4.99. The van der Waals surface area contributed by atoms with Gasteiger partial charge in [0.2, 0.25) is 5.95 Å². The molecule has 0 aliphatic heterocycles. The molecule has 1 fully saturated rings. The van der Waals surface area contributed by atoms with Crippen LogP contribution in [0.5, 0.6) is 0 Å². The maximum Gasteiger partial charge on any atom is 0.223 e. The number of nitrogen functional groups attached to an aromatic ring is 1. The summed E-state index contributed by atoms with van der Waals surface area (Å²) in [5.41, 5.74) is 6.61. The Balaban J connectivity index is 2.02. The summed E-state index contributed by atoms with van der Waals surface area (Å²) in [6, 6.07) is 5.31. The number of benzene rings is 1. The summed E-state index contributed by atoms with van der Waals surface area (Å²) in [6.45, 7) is 0. The average Bonchev–Trinajstić information content (AvgIpc) is 2.95. The first-order valence-corrected chi connectivity index (χ1v) is 7.36. The van der Waals surface area contributed by atoms with Gasteiger partial charge in [0, 0.05) is 11.5 Å². The van der Waals surface area contributed by atoms with Gasteiger partial charge in [-0.3, -0.25) is 0 Å². The topological polar surface area (TPSA) is 64.7 Å². The number of anilines is 1. The minimum Gasteiger partial charge on any atom is -0.368 e. The maximum atomic E-state index is 6.04. The highest BCUT2D eigenvalue weighted by Gasteiger charge is 2.21. The summed E-state index contributed by atoms with van der Waals surface area (Å²) in [5.74, 6) is 1.99. The summed E-state index contributed by atoms with van der Waals surface area (Å²) >= 11 is 12.0. The molecule has 2 aromatic rings. The standard InChI is InChI=1S/C14H14Cl2N4/c15-10-6-5-9(7-11(10)16)13-18-12(19-14(17)20-13)8-3-1-2-4-8/h5-8H,1-4H2,(H2,17,18,19,20). The summed E-state index contributed by atoms with van der Waals surface area (Å²) in [7, 11) is 0. The van der Waals surface area contributed by atoms with Crippen molar-refractivity contribution in [1.29, 1.82) is 0 Å². The third kappa shape index (κ3) is 2.72. The van der Waals surface area contributed by atoms with Crippen LogP contribution in [-0.4, -0.2) is 15.0 Å². The molecule has 1 heterocycles. The third-order valence-electron chi connectivity index (χ3n) is 3.57. The second kappa shape index (κ2) is 5.54. The fourth-order valence-electron chi connectivity index (χ4n) is 2.54. The van der Waals surface area contributed by atoms with Crippen LogP contribution in [0.4, 0.5) is 5.95 Å². The van der Waals surface area contributed by atoms with Crippen molar-refractivity contribution in [1.82, 2.24) is 15.0 Å². The van der Waals surface area contributed by atoms with E-state index in [9.17, 15) is 0 Å². The third-order valence-corrected chi connectivity index (χ3v) is 4.31. The van der Waals surface area contributed by atoms with Crippen molar-refractivity contribution >= 4 is 29.2 Å². The van der Waals surface area contributed by atoms with Crippen LogP contribution >= 0.6 is 23.2 Å². The lowest BCUT2D eigenvalue weighted by molar-refractivity contribution is 0.665. The lowest BCUT2D eigenvalue weighted by atomic mass is 10.1. The Hall–Kier alpha value is -1.39. The van der Waals surface area contributed by atoms with Gasteiger partial charge in [0.1, 0.15) is 5.82 Å². The Labute approximate surface area is 127 Å². The summed E-state index contributed by atoms with van der Waals surface area (Å²) < 4.78 is 0. The number of aromatic nitrogens is 3. The molecule has 0 bridgehead atoms. The SMILES string of the molecule is Nc1nc(-c2ccc(Cl)c(Cl)c2)nc(C2CCCC2)n1. The molecule has 1 aliphatic carbocycles. The minimum atomic E-state index is 0.253. The Bertz CT molecular complexity index is 639. The number of halogens is 2. The molecule has 0 atom stereocenters. The molecule has 0 amide bonds. The highest BCUT2D eigenvalue weighted by molar-refractivity contribution is 6.42. The normalized spacial score (nSPS) is 15.7. The van der Waals surface area contributed by atoms with Gasteiger partial charge in [0.25, 0.3) is 0 Å².